The van der Waals surface area contributed by atoms with Gasteiger partial charge in [0.05, 0.1) is 11.9 Å². The fourth-order valence-corrected chi connectivity index (χ4v) is 1.21. The maximum Gasteiger partial charge on any atom is 0.0540 e. The van der Waals surface area contributed by atoms with Gasteiger partial charge in [-0.2, -0.15) is 0 Å². The smallest absolute Gasteiger partial charge is 0.0540 e. The van der Waals surface area contributed by atoms with E-state index in [1.807, 2.05) is 6.07 Å². The number of nitrogens with zero attached hydrogens (tertiary/aromatic N) is 1. The molecule has 0 aromatic carbocycles. The van der Waals surface area contributed by atoms with Crippen molar-refractivity contribution in [2.24, 2.45) is 0 Å². The van der Waals surface area contributed by atoms with Crippen molar-refractivity contribution in [3.05, 3.63) is 34.0 Å². The average molecular weight is 292 g/mol. The lowest BCUT2D eigenvalue weighted by Gasteiger charge is -2.03. The van der Waals surface area contributed by atoms with Gasteiger partial charge in [-0.15, -0.1) is 0 Å². The van der Waals surface area contributed by atoms with E-state index in [9.17, 15) is 0 Å². The summed E-state index contributed by atoms with van der Waals surface area (Å²) in [6.45, 7) is 4.42. The molecule has 0 aliphatic carbocycles. The van der Waals surface area contributed by atoms with Gasteiger partial charge in [-0.1, -0.05) is 22.5 Å². The molecule has 0 aliphatic heterocycles. The zero-order chi connectivity index (χ0) is 8.97. The Kier molecular flexibility index (Phi) is 3.75. The Morgan fingerprint density at radius 1 is 1.58 bits per heavy atom. The van der Waals surface area contributed by atoms with Crippen LogP contribution in [0.15, 0.2) is 34.0 Å². The van der Waals surface area contributed by atoms with Crippen molar-refractivity contribution >= 4 is 37.5 Å². The lowest BCUT2D eigenvalue weighted by atomic mass is 10.4. The third-order valence-corrected chi connectivity index (χ3v) is 1.90. The van der Waals surface area contributed by atoms with Gasteiger partial charge in [0.25, 0.3) is 0 Å². The van der Waals surface area contributed by atoms with E-state index in [0.717, 1.165) is 14.6 Å². The first-order chi connectivity index (χ1) is 5.68. The summed E-state index contributed by atoms with van der Waals surface area (Å²) in [6, 6.07) is 1.96. The number of nitrogens with one attached hydrogen (secondary N) is 1. The molecule has 0 spiro atoms. The summed E-state index contributed by atoms with van der Waals surface area (Å²) in [5.41, 5.74) is 0.977. The molecule has 0 unspecified atom stereocenters. The van der Waals surface area contributed by atoms with E-state index in [4.69, 9.17) is 0 Å². The van der Waals surface area contributed by atoms with Gasteiger partial charge >= 0.3 is 0 Å². The minimum absolute atomic E-state index is 0.706. The quantitative estimate of drug-likeness (QED) is 0.925. The second kappa shape index (κ2) is 4.62. The van der Waals surface area contributed by atoms with Crippen LogP contribution in [0, 0.1) is 0 Å². The van der Waals surface area contributed by atoms with Gasteiger partial charge in [-0.3, -0.25) is 4.98 Å². The first-order valence-electron chi connectivity index (χ1n) is 3.36. The summed E-state index contributed by atoms with van der Waals surface area (Å²) >= 11 is 6.59. The second-order valence-corrected chi connectivity index (χ2v) is 4.30. The Hall–Kier alpha value is -0.350. The largest absolute Gasteiger partial charge is 0.379 e. The van der Waals surface area contributed by atoms with Gasteiger partial charge in [0.1, 0.15) is 0 Å². The van der Waals surface area contributed by atoms with E-state index in [1.165, 1.54) is 0 Å². The minimum atomic E-state index is 0.706. The highest BCUT2D eigenvalue weighted by Gasteiger charge is 1.93. The maximum absolute atomic E-state index is 4.01. The molecule has 0 bridgehead atoms. The summed E-state index contributed by atoms with van der Waals surface area (Å²) in [4.78, 5) is 4.01. The summed E-state index contributed by atoms with van der Waals surface area (Å²) in [5, 5.41) is 3.15. The Morgan fingerprint density at radius 2 is 2.33 bits per heavy atom. The van der Waals surface area contributed by atoms with Crippen LogP contribution in [0.3, 0.4) is 0 Å². The standard InChI is InChI=1S/C8H8Br2N2/c1-6(9)3-12-8-2-7(10)4-11-5-8/h2,4-5,12H,1,3H2. The van der Waals surface area contributed by atoms with Gasteiger partial charge in [0.15, 0.2) is 0 Å². The van der Waals surface area contributed by atoms with Crippen molar-refractivity contribution in [1.29, 1.82) is 0 Å². The molecule has 4 heteroatoms. The van der Waals surface area contributed by atoms with Gasteiger partial charge in [-0.25, -0.2) is 0 Å². The molecule has 0 saturated carbocycles. The van der Waals surface area contributed by atoms with Gasteiger partial charge in [-0.05, 0) is 22.0 Å². The Morgan fingerprint density at radius 3 is 2.92 bits per heavy atom. The zero-order valence-corrected chi connectivity index (χ0v) is 9.52. The van der Waals surface area contributed by atoms with Crippen LogP contribution in [0.1, 0.15) is 0 Å². The molecule has 1 rings (SSSR count). The molecule has 0 aliphatic rings. The molecule has 0 radical (unpaired) electrons. The molecule has 0 atom stereocenters. The molecule has 1 aromatic heterocycles. The van der Waals surface area contributed by atoms with Crippen molar-refractivity contribution in [3.8, 4) is 0 Å². The van der Waals surface area contributed by atoms with Crippen LogP contribution in [0.25, 0.3) is 0 Å². The van der Waals surface area contributed by atoms with Crippen molar-refractivity contribution < 1.29 is 0 Å². The molecule has 0 amide bonds. The molecule has 1 aromatic rings. The Bertz CT molecular complexity index is 286. The van der Waals surface area contributed by atoms with Crippen molar-refractivity contribution in [1.82, 2.24) is 4.98 Å². The van der Waals surface area contributed by atoms with E-state index >= 15 is 0 Å². The monoisotopic (exact) mass is 290 g/mol. The van der Waals surface area contributed by atoms with Gasteiger partial charge < -0.3 is 5.32 Å². The Labute approximate surface area is 88.3 Å². The van der Waals surface area contributed by atoms with Crippen LogP contribution in [0.5, 0.6) is 0 Å². The van der Waals surface area contributed by atoms with Crippen molar-refractivity contribution in [2.45, 2.75) is 0 Å². The molecule has 64 valence electrons. The summed E-state index contributed by atoms with van der Waals surface area (Å²) in [5.74, 6) is 0. The fourth-order valence-electron chi connectivity index (χ4n) is 0.707. The third kappa shape index (κ3) is 3.36. The highest BCUT2D eigenvalue weighted by Crippen LogP contribution is 2.14. The van der Waals surface area contributed by atoms with E-state index in [0.29, 0.717) is 6.54 Å². The molecular weight excluding hydrogens is 284 g/mol. The van der Waals surface area contributed by atoms with Crippen molar-refractivity contribution in [3.63, 3.8) is 0 Å². The third-order valence-electron chi connectivity index (χ3n) is 1.19. The number of anilines is 1. The molecule has 12 heavy (non-hydrogen) atoms. The Balaban J connectivity index is 2.57. The molecule has 2 nitrogen and oxygen atoms in total. The van der Waals surface area contributed by atoms with Crippen LogP contribution in [-0.4, -0.2) is 11.5 Å². The van der Waals surface area contributed by atoms with Crippen LogP contribution in [-0.2, 0) is 0 Å². The van der Waals surface area contributed by atoms with E-state index < -0.39 is 0 Å². The van der Waals surface area contributed by atoms with Crippen LogP contribution < -0.4 is 5.32 Å². The summed E-state index contributed by atoms with van der Waals surface area (Å²) in [6.07, 6.45) is 3.51. The molecule has 1 heterocycles. The number of aromatic nitrogens is 1. The average Bonchev–Trinajstić information content (AvgIpc) is 2.01. The van der Waals surface area contributed by atoms with Crippen LogP contribution in [0.2, 0.25) is 0 Å². The number of pyridine rings is 1. The van der Waals surface area contributed by atoms with E-state index in [1.54, 1.807) is 12.4 Å². The highest BCUT2D eigenvalue weighted by molar-refractivity contribution is 9.11. The van der Waals surface area contributed by atoms with Crippen LogP contribution in [0.4, 0.5) is 5.69 Å². The first-order valence-corrected chi connectivity index (χ1v) is 4.95. The number of hydrogen-bond donors (Lipinski definition) is 1. The van der Waals surface area contributed by atoms with E-state index in [2.05, 4.69) is 48.7 Å². The van der Waals surface area contributed by atoms with Crippen LogP contribution >= 0.6 is 31.9 Å². The maximum atomic E-state index is 4.01. The van der Waals surface area contributed by atoms with Crippen molar-refractivity contribution in [2.75, 3.05) is 11.9 Å². The lowest BCUT2D eigenvalue weighted by Crippen LogP contribution is -2.00. The summed E-state index contributed by atoms with van der Waals surface area (Å²) in [7, 11) is 0. The zero-order valence-electron chi connectivity index (χ0n) is 6.35. The second-order valence-electron chi connectivity index (χ2n) is 2.26. The molecule has 0 fully saturated rings. The summed E-state index contributed by atoms with van der Waals surface area (Å²) < 4.78 is 1.88. The highest BCUT2D eigenvalue weighted by atomic mass is 79.9. The predicted molar refractivity (Wildman–Crippen MR) is 58.5 cm³/mol. The molecular formula is C8H8Br2N2. The number of rotatable bonds is 3. The van der Waals surface area contributed by atoms with Gasteiger partial charge in [0, 0.05) is 21.7 Å². The minimum Gasteiger partial charge on any atom is -0.379 e. The predicted octanol–water partition coefficient (Wildman–Crippen LogP) is 3.16. The van der Waals surface area contributed by atoms with Gasteiger partial charge in [0.2, 0.25) is 0 Å². The first kappa shape index (κ1) is 9.74. The topological polar surface area (TPSA) is 24.9 Å². The number of hydrogen-bond acceptors (Lipinski definition) is 2. The normalized spacial score (nSPS) is 9.50. The molecule has 1 N–H and O–H groups in total. The molecule has 0 saturated heterocycles. The fraction of sp³-hybridized carbons (Fsp3) is 0.125. The lowest BCUT2D eigenvalue weighted by molar-refractivity contribution is 1.25. The SMILES string of the molecule is C=C(Br)CNc1cncc(Br)c1. The van der Waals surface area contributed by atoms with E-state index in [-0.39, 0.29) is 0 Å². The number of halogens is 2.